The van der Waals surface area contributed by atoms with E-state index in [0.717, 1.165) is 30.0 Å². The zero-order valence-electron chi connectivity index (χ0n) is 11.4. The Labute approximate surface area is 122 Å². The fourth-order valence-corrected chi connectivity index (χ4v) is 3.24. The fourth-order valence-electron chi connectivity index (χ4n) is 2.34. The summed E-state index contributed by atoms with van der Waals surface area (Å²) in [4.78, 5) is 20.7. The zero-order valence-corrected chi connectivity index (χ0v) is 12.2. The molecule has 3 rings (SSSR count). The van der Waals surface area contributed by atoms with Crippen LogP contribution in [0, 0.1) is 6.92 Å². The topological polar surface area (TPSA) is 57.8 Å². The van der Waals surface area contributed by atoms with E-state index in [2.05, 4.69) is 34.3 Å². The van der Waals surface area contributed by atoms with Crippen LogP contribution in [0.1, 0.15) is 22.6 Å². The summed E-state index contributed by atoms with van der Waals surface area (Å²) in [6, 6.07) is 8.26. The third kappa shape index (κ3) is 2.78. The Kier molecular flexibility index (Phi) is 3.89. The Morgan fingerprint density at radius 2 is 2.20 bits per heavy atom. The van der Waals surface area contributed by atoms with E-state index in [1.165, 1.54) is 10.5 Å². The van der Waals surface area contributed by atoms with Gasteiger partial charge in [0.25, 0.3) is 5.56 Å². The van der Waals surface area contributed by atoms with Crippen molar-refractivity contribution in [1.29, 1.82) is 0 Å². The Balaban J connectivity index is 1.80. The highest BCUT2D eigenvalue weighted by Crippen LogP contribution is 2.24. The van der Waals surface area contributed by atoms with Crippen molar-refractivity contribution in [1.82, 2.24) is 15.3 Å². The molecule has 0 saturated carbocycles. The summed E-state index contributed by atoms with van der Waals surface area (Å²) in [5.41, 5.74) is 3.00. The first kappa shape index (κ1) is 13.4. The summed E-state index contributed by atoms with van der Waals surface area (Å²) in [6.07, 6.45) is 0.835. The van der Waals surface area contributed by atoms with Crippen LogP contribution >= 0.6 is 11.8 Å². The number of hydrogen-bond donors (Lipinski definition) is 2. The molecule has 0 bridgehead atoms. The lowest BCUT2D eigenvalue weighted by molar-refractivity contribution is 0.616. The van der Waals surface area contributed by atoms with Gasteiger partial charge in [-0.3, -0.25) is 4.79 Å². The van der Waals surface area contributed by atoms with Crippen molar-refractivity contribution in [2.75, 3.05) is 6.54 Å². The number of benzene rings is 1. The van der Waals surface area contributed by atoms with Gasteiger partial charge in [-0.25, -0.2) is 4.98 Å². The number of thioether (sulfide) groups is 1. The van der Waals surface area contributed by atoms with Crippen LogP contribution in [0.2, 0.25) is 0 Å². The predicted octanol–water partition coefficient (Wildman–Crippen LogP) is 2.02. The van der Waals surface area contributed by atoms with E-state index in [1.54, 1.807) is 11.8 Å². The summed E-state index contributed by atoms with van der Waals surface area (Å²) in [5.74, 6) is 1.46. The van der Waals surface area contributed by atoms with Gasteiger partial charge in [0.1, 0.15) is 5.82 Å². The SMILES string of the molecule is Cc1ccccc1SCc1nc2c(c(=O)[nH]1)CNCC2. The lowest BCUT2D eigenvalue weighted by Crippen LogP contribution is -2.32. The molecule has 0 amide bonds. The first-order chi connectivity index (χ1) is 9.74. The standard InChI is InChI=1S/C15H17N3OS/c1-10-4-2-3-5-13(10)20-9-14-17-12-6-7-16-8-11(12)15(19)18-14/h2-5,16H,6-9H2,1H3,(H,17,18,19). The van der Waals surface area contributed by atoms with Gasteiger partial charge < -0.3 is 10.3 Å². The van der Waals surface area contributed by atoms with Crippen LogP contribution in [-0.4, -0.2) is 16.5 Å². The van der Waals surface area contributed by atoms with Crippen molar-refractivity contribution in [2.24, 2.45) is 0 Å². The number of aromatic amines is 1. The van der Waals surface area contributed by atoms with Gasteiger partial charge in [-0.15, -0.1) is 11.8 Å². The number of nitrogens with one attached hydrogen (secondary N) is 2. The molecule has 0 radical (unpaired) electrons. The van der Waals surface area contributed by atoms with E-state index in [0.29, 0.717) is 12.3 Å². The van der Waals surface area contributed by atoms with Gasteiger partial charge in [0.05, 0.1) is 17.0 Å². The molecule has 4 nitrogen and oxygen atoms in total. The molecule has 0 aliphatic carbocycles. The Bertz CT molecular complexity index is 681. The Morgan fingerprint density at radius 1 is 1.35 bits per heavy atom. The van der Waals surface area contributed by atoms with Gasteiger partial charge in [0.15, 0.2) is 0 Å². The minimum absolute atomic E-state index is 0.00239. The second-order valence-electron chi connectivity index (χ2n) is 4.92. The molecule has 0 fully saturated rings. The minimum Gasteiger partial charge on any atom is -0.312 e. The average Bonchev–Trinajstić information content (AvgIpc) is 2.46. The number of rotatable bonds is 3. The number of aryl methyl sites for hydroxylation is 1. The molecule has 2 aromatic rings. The van der Waals surface area contributed by atoms with Gasteiger partial charge >= 0.3 is 0 Å². The second-order valence-corrected chi connectivity index (χ2v) is 5.94. The van der Waals surface area contributed by atoms with E-state index >= 15 is 0 Å². The van der Waals surface area contributed by atoms with Crippen LogP contribution < -0.4 is 10.9 Å². The molecule has 0 spiro atoms. The van der Waals surface area contributed by atoms with Crippen molar-refractivity contribution in [3.05, 3.63) is 57.3 Å². The molecule has 1 aromatic carbocycles. The maximum absolute atomic E-state index is 12.0. The number of H-pyrrole nitrogens is 1. The maximum Gasteiger partial charge on any atom is 0.255 e. The van der Waals surface area contributed by atoms with Gasteiger partial charge in [0, 0.05) is 24.4 Å². The monoisotopic (exact) mass is 287 g/mol. The van der Waals surface area contributed by atoms with E-state index in [-0.39, 0.29) is 5.56 Å². The first-order valence-corrected chi connectivity index (χ1v) is 7.72. The van der Waals surface area contributed by atoms with Crippen LogP contribution in [0.4, 0.5) is 0 Å². The average molecular weight is 287 g/mol. The molecule has 104 valence electrons. The van der Waals surface area contributed by atoms with Crippen LogP contribution in [-0.2, 0) is 18.7 Å². The second kappa shape index (κ2) is 5.81. The number of nitrogens with zero attached hydrogens (tertiary/aromatic N) is 1. The first-order valence-electron chi connectivity index (χ1n) is 6.74. The third-order valence-corrected chi connectivity index (χ3v) is 4.64. The summed E-state index contributed by atoms with van der Waals surface area (Å²) in [6.45, 7) is 3.62. The van der Waals surface area contributed by atoms with Crippen molar-refractivity contribution in [3.63, 3.8) is 0 Å². The lowest BCUT2D eigenvalue weighted by Gasteiger charge is -2.15. The smallest absolute Gasteiger partial charge is 0.255 e. The molecule has 0 atom stereocenters. The third-order valence-electron chi connectivity index (χ3n) is 3.45. The molecule has 0 unspecified atom stereocenters. The maximum atomic E-state index is 12.0. The fraction of sp³-hybridized carbons (Fsp3) is 0.333. The van der Waals surface area contributed by atoms with Gasteiger partial charge in [-0.2, -0.15) is 0 Å². The molecule has 0 saturated heterocycles. The normalized spacial score (nSPS) is 14.1. The number of fused-ring (bicyclic) bond motifs is 1. The van der Waals surface area contributed by atoms with E-state index in [1.807, 2.05) is 12.1 Å². The lowest BCUT2D eigenvalue weighted by atomic mass is 10.1. The molecular formula is C15H17N3OS. The highest BCUT2D eigenvalue weighted by Gasteiger charge is 2.15. The van der Waals surface area contributed by atoms with Gasteiger partial charge in [-0.05, 0) is 18.6 Å². The van der Waals surface area contributed by atoms with E-state index in [4.69, 9.17) is 0 Å². The summed E-state index contributed by atoms with van der Waals surface area (Å²) >= 11 is 1.71. The summed E-state index contributed by atoms with van der Waals surface area (Å²) < 4.78 is 0. The molecule has 20 heavy (non-hydrogen) atoms. The molecule has 2 N–H and O–H groups in total. The summed E-state index contributed by atoms with van der Waals surface area (Å²) in [7, 11) is 0. The van der Waals surface area contributed by atoms with Crippen molar-refractivity contribution < 1.29 is 0 Å². The quantitative estimate of drug-likeness (QED) is 0.848. The van der Waals surface area contributed by atoms with Crippen molar-refractivity contribution >= 4 is 11.8 Å². The molecule has 1 aliphatic rings. The number of hydrogen-bond acceptors (Lipinski definition) is 4. The van der Waals surface area contributed by atoms with Crippen LogP contribution in [0.3, 0.4) is 0 Å². The molecule has 5 heteroatoms. The Morgan fingerprint density at radius 3 is 3.05 bits per heavy atom. The zero-order chi connectivity index (χ0) is 13.9. The Hall–Kier alpha value is -1.59. The van der Waals surface area contributed by atoms with E-state index < -0.39 is 0 Å². The largest absolute Gasteiger partial charge is 0.312 e. The predicted molar refractivity (Wildman–Crippen MR) is 81.0 cm³/mol. The highest BCUT2D eigenvalue weighted by molar-refractivity contribution is 7.98. The van der Waals surface area contributed by atoms with Crippen LogP contribution in [0.25, 0.3) is 0 Å². The van der Waals surface area contributed by atoms with E-state index in [9.17, 15) is 4.79 Å². The van der Waals surface area contributed by atoms with Crippen LogP contribution in [0.5, 0.6) is 0 Å². The minimum atomic E-state index is 0.00239. The van der Waals surface area contributed by atoms with Gasteiger partial charge in [0.2, 0.25) is 0 Å². The van der Waals surface area contributed by atoms with Crippen LogP contribution in [0.15, 0.2) is 34.0 Å². The molecule has 1 aromatic heterocycles. The molecule has 2 heterocycles. The van der Waals surface area contributed by atoms with Crippen molar-refractivity contribution in [2.45, 2.75) is 30.5 Å². The molecular weight excluding hydrogens is 270 g/mol. The summed E-state index contributed by atoms with van der Waals surface area (Å²) in [5, 5.41) is 3.20. The van der Waals surface area contributed by atoms with Crippen molar-refractivity contribution in [3.8, 4) is 0 Å². The molecule has 1 aliphatic heterocycles. The van der Waals surface area contributed by atoms with Gasteiger partial charge in [-0.1, -0.05) is 18.2 Å². The highest BCUT2D eigenvalue weighted by atomic mass is 32.2. The number of aromatic nitrogens is 2.